The van der Waals surface area contributed by atoms with Gasteiger partial charge in [-0.3, -0.25) is 14.6 Å². The number of aliphatic carboxylic acids is 4. The molecule has 4 N–H and O–H groups in total. The largest absolute Gasteiger partial charge is 2.00 e. The van der Waals surface area contributed by atoms with Crippen molar-refractivity contribution in [3.8, 4) is 0 Å². The Morgan fingerprint density at radius 3 is 1.23 bits per heavy atom. The minimum atomic E-state index is -1.52. The fraction of sp³-hybridized carbons (Fsp3) is 0.600. The van der Waals surface area contributed by atoms with Crippen LogP contribution in [0.15, 0.2) is 0 Å². The molecule has 0 aromatic rings. The van der Waals surface area contributed by atoms with E-state index in [1.54, 1.807) is 0 Å². The van der Waals surface area contributed by atoms with Crippen LogP contribution in [0.2, 0.25) is 0 Å². The van der Waals surface area contributed by atoms with Crippen molar-refractivity contribution < 1.29 is 56.7 Å². The SMILES string of the molecule is N.O=C([O-])CN(CCN(CC(=O)[O-])CC(=O)O)CC(=O)[O-].[Cu+2]. The molecule has 0 aliphatic rings. The molecule has 0 spiro atoms. The third-order valence-corrected chi connectivity index (χ3v) is 2.15. The van der Waals surface area contributed by atoms with Crippen LogP contribution in [0.5, 0.6) is 0 Å². The number of carbonyl (C=O) groups excluding carboxylic acids is 3. The van der Waals surface area contributed by atoms with Crippen LogP contribution in [0.25, 0.3) is 0 Å². The van der Waals surface area contributed by atoms with E-state index in [2.05, 4.69) is 0 Å². The van der Waals surface area contributed by atoms with Crippen LogP contribution >= 0.6 is 0 Å². The molecule has 0 heterocycles. The summed E-state index contributed by atoms with van der Waals surface area (Å²) in [4.78, 5) is 43.7. The third kappa shape index (κ3) is 14.7. The first-order valence-corrected chi connectivity index (χ1v) is 5.46. The molecule has 11 nitrogen and oxygen atoms in total. The fourth-order valence-corrected chi connectivity index (χ4v) is 1.45. The number of hydrogen-bond acceptors (Lipinski definition) is 10. The summed E-state index contributed by atoms with van der Waals surface area (Å²) in [5, 5.41) is 39.8. The van der Waals surface area contributed by atoms with E-state index >= 15 is 0 Å². The average Bonchev–Trinajstić information content (AvgIpc) is 2.22. The zero-order valence-corrected chi connectivity index (χ0v) is 12.4. The fourth-order valence-electron chi connectivity index (χ4n) is 1.45. The molecule has 12 heteroatoms. The molecule has 1 radical (unpaired) electrons. The summed E-state index contributed by atoms with van der Waals surface area (Å²) >= 11 is 0. The zero-order chi connectivity index (χ0) is 15.7. The maximum absolute atomic E-state index is 10.5. The van der Waals surface area contributed by atoms with Crippen molar-refractivity contribution in [1.29, 1.82) is 0 Å². The van der Waals surface area contributed by atoms with Gasteiger partial charge < -0.3 is 41.0 Å². The molecule has 0 unspecified atom stereocenters. The first-order valence-electron chi connectivity index (χ1n) is 5.46. The molecule has 0 atom stereocenters. The van der Waals surface area contributed by atoms with Gasteiger partial charge in [0.25, 0.3) is 0 Å². The van der Waals surface area contributed by atoms with E-state index in [0.29, 0.717) is 0 Å². The number of carbonyl (C=O) groups is 4. The standard InChI is InChI=1S/C10H16N2O8.Cu.H3N/c13-7(14)3-11(4-8(15)16)1-2-12(5-9(17)18)6-10(19)20;;/h1-6H2,(H,13,14)(H,15,16)(H,17,18)(H,19,20);;1H3/q;+2;/p-3. The van der Waals surface area contributed by atoms with E-state index in [1.807, 2.05) is 0 Å². The van der Waals surface area contributed by atoms with E-state index in [0.717, 1.165) is 9.80 Å². The number of carboxylic acids is 4. The number of carboxylic acid groups (broad SMARTS) is 4. The Morgan fingerprint density at radius 1 is 0.727 bits per heavy atom. The quantitative estimate of drug-likeness (QED) is 0.328. The summed E-state index contributed by atoms with van der Waals surface area (Å²) in [6.07, 6.45) is 0. The maximum Gasteiger partial charge on any atom is 2.00 e. The van der Waals surface area contributed by atoms with Crippen molar-refractivity contribution in [2.24, 2.45) is 0 Å². The Kier molecular flexibility index (Phi) is 14.9. The van der Waals surface area contributed by atoms with Crippen LogP contribution in [0.4, 0.5) is 0 Å². The van der Waals surface area contributed by atoms with Crippen molar-refractivity contribution in [2.75, 3.05) is 39.3 Å². The summed E-state index contributed by atoms with van der Waals surface area (Å²) in [5.41, 5.74) is 0. The van der Waals surface area contributed by atoms with E-state index < -0.39 is 50.1 Å². The van der Waals surface area contributed by atoms with Crippen molar-refractivity contribution in [1.82, 2.24) is 16.0 Å². The van der Waals surface area contributed by atoms with Gasteiger partial charge in [-0.1, -0.05) is 0 Å². The molecule has 0 amide bonds. The summed E-state index contributed by atoms with van der Waals surface area (Å²) in [5.74, 6) is -5.82. The molecule has 0 aliphatic heterocycles. The Hall–Kier alpha value is -1.72. The van der Waals surface area contributed by atoms with E-state index in [1.165, 1.54) is 0 Å². The Bertz CT molecular complexity index is 324. The normalized spacial score (nSPS) is 9.73. The van der Waals surface area contributed by atoms with Gasteiger partial charge in [0.2, 0.25) is 0 Å². The molecule has 0 saturated heterocycles. The van der Waals surface area contributed by atoms with Crippen LogP contribution in [0.1, 0.15) is 0 Å². The Balaban J connectivity index is -0.00000180. The topological polar surface area (TPSA) is 199 Å². The molecule has 0 aromatic carbocycles. The number of rotatable bonds is 11. The average molecular weight is 370 g/mol. The van der Waals surface area contributed by atoms with Gasteiger partial charge in [-0.05, 0) is 0 Å². The molecule has 0 aromatic heterocycles. The van der Waals surface area contributed by atoms with Crippen LogP contribution < -0.4 is 21.5 Å². The molecular weight excluding hydrogens is 354 g/mol. The first kappa shape index (κ1) is 25.2. The molecule has 0 rings (SSSR count). The second-order valence-corrected chi connectivity index (χ2v) is 3.93. The van der Waals surface area contributed by atoms with Gasteiger partial charge in [0.15, 0.2) is 0 Å². The molecule has 22 heavy (non-hydrogen) atoms. The van der Waals surface area contributed by atoms with E-state index in [-0.39, 0.29) is 36.3 Å². The van der Waals surface area contributed by atoms with Crippen LogP contribution in [-0.4, -0.2) is 78.1 Å². The van der Waals surface area contributed by atoms with Crippen molar-refractivity contribution in [3.63, 3.8) is 0 Å². The molecular formula is C10H16CuN3O8-. The van der Waals surface area contributed by atoms with Crippen LogP contribution in [0, 0.1) is 0 Å². The first-order chi connectivity index (χ1) is 9.20. The second kappa shape index (κ2) is 13.0. The van der Waals surface area contributed by atoms with Gasteiger partial charge >= 0.3 is 23.0 Å². The van der Waals surface area contributed by atoms with Gasteiger partial charge in [0.05, 0.1) is 24.5 Å². The Morgan fingerprint density at radius 2 is 1.00 bits per heavy atom. The third-order valence-electron chi connectivity index (χ3n) is 2.15. The van der Waals surface area contributed by atoms with Crippen LogP contribution in [0.3, 0.4) is 0 Å². The molecule has 0 saturated carbocycles. The predicted molar refractivity (Wildman–Crippen MR) is 60.6 cm³/mol. The van der Waals surface area contributed by atoms with Gasteiger partial charge in [0, 0.05) is 32.7 Å². The van der Waals surface area contributed by atoms with Crippen molar-refractivity contribution >= 4 is 23.9 Å². The van der Waals surface area contributed by atoms with Crippen LogP contribution in [-0.2, 0) is 36.2 Å². The summed E-state index contributed by atoms with van der Waals surface area (Å²) < 4.78 is 0. The molecule has 0 fully saturated rings. The van der Waals surface area contributed by atoms with E-state index in [9.17, 15) is 34.5 Å². The predicted octanol–water partition coefficient (Wildman–Crippen LogP) is -5.92. The second-order valence-electron chi connectivity index (χ2n) is 3.93. The monoisotopic (exact) mass is 369 g/mol. The smallest absolute Gasteiger partial charge is 0.549 e. The number of nitrogens with zero attached hydrogens (tertiary/aromatic N) is 2. The van der Waals surface area contributed by atoms with E-state index in [4.69, 9.17) is 5.11 Å². The number of hydrogen-bond donors (Lipinski definition) is 2. The Labute approximate surface area is 136 Å². The molecule has 0 bridgehead atoms. The van der Waals surface area contributed by atoms with Gasteiger partial charge in [-0.2, -0.15) is 0 Å². The molecule has 0 aliphatic carbocycles. The summed E-state index contributed by atoms with van der Waals surface area (Å²) in [6.45, 7) is -3.00. The van der Waals surface area contributed by atoms with Gasteiger partial charge in [-0.15, -0.1) is 0 Å². The zero-order valence-electron chi connectivity index (χ0n) is 11.5. The summed E-state index contributed by atoms with van der Waals surface area (Å²) in [6, 6.07) is 0. The van der Waals surface area contributed by atoms with Gasteiger partial charge in [0.1, 0.15) is 0 Å². The van der Waals surface area contributed by atoms with Crippen molar-refractivity contribution in [3.05, 3.63) is 0 Å². The van der Waals surface area contributed by atoms with Gasteiger partial charge in [-0.25, -0.2) is 0 Å². The minimum Gasteiger partial charge on any atom is -0.549 e. The maximum atomic E-state index is 10.5. The molecule has 131 valence electrons. The summed E-state index contributed by atoms with van der Waals surface area (Å²) in [7, 11) is 0. The minimum absolute atomic E-state index is 0. The van der Waals surface area contributed by atoms with Crippen molar-refractivity contribution in [2.45, 2.75) is 0 Å².